The zero-order valence-corrected chi connectivity index (χ0v) is 10.7. The molecule has 0 aliphatic carbocycles. The summed E-state index contributed by atoms with van der Waals surface area (Å²) < 4.78 is 6.07. The molecule has 6 heteroatoms. The fourth-order valence-corrected chi connectivity index (χ4v) is 1.77. The molecule has 0 saturated carbocycles. The number of nitrogens with zero attached hydrogens (tertiary/aromatic N) is 4. The summed E-state index contributed by atoms with van der Waals surface area (Å²) in [5, 5.41) is 8.93. The van der Waals surface area contributed by atoms with Crippen LogP contribution >= 0.6 is 15.9 Å². The van der Waals surface area contributed by atoms with Gasteiger partial charge in [-0.3, -0.25) is 0 Å². The Morgan fingerprint density at radius 3 is 2.82 bits per heavy atom. The first-order valence-corrected chi connectivity index (χ1v) is 5.66. The Kier molecular flexibility index (Phi) is 3.40. The SMILES string of the molecule is CN(Cc1ccc(Br)o1)c1nccnc1C#N. The summed E-state index contributed by atoms with van der Waals surface area (Å²) >= 11 is 3.24. The average Bonchev–Trinajstić information content (AvgIpc) is 2.74. The number of nitriles is 1. The van der Waals surface area contributed by atoms with Gasteiger partial charge in [-0.25, -0.2) is 9.97 Å². The van der Waals surface area contributed by atoms with Gasteiger partial charge < -0.3 is 9.32 Å². The summed E-state index contributed by atoms with van der Waals surface area (Å²) in [6, 6.07) is 5.70. The van der Waals surface area contributed by atoms with Crippen LogP contribution in [0.3, 0.4) is 0 Å². The zero-order valence-electron chi connectivity index (χ0n) is 9.09. The molecule has 0 aliphatic rings. The van der Waals surface area contributed by atoms with Crippen molar-refractivity contribution in [1.82, 2.24) is 9.97 Å². The van der Waals surface area contributed by atoms with E-state index >= 15 is 0 Å². The van der Waals surface area contributed by atoms with Gasteiger partial charge in [-0.15, -0.1) is 0 Å². The van der Waals surface area contributed by atoms with Crippen molar-refractivity contribution in [2.45, 2.75) is 6.54 Å². The van der Waals surface area contributed by atoms with Gasteiger partial charge in [0.1, 0.15) is 11.8 Å². The maximum Gasteiger partial charge on any atom is 0.183 e. The number of anilines is 1. The second-order valence-corrected chi connectivity index (χ2v) is 4.18. The zero-order chi connectivity index (χ0) is 12.3. The number of hydrogen-bond donors (Lipinski definition) is 0. The Bertz CT molecular complexity index is 561. The first-order valence-electron chi connectivity index (χ1n) is 4.87. The van der Waals surface area contributed by atoms with Crippen molar-refractivity contribution in [2.75, 3.05) is 11.9 Å². The fourth-order valence-electron chi connectivity index (χ4n) is 1.43. The molecule has 17 heavy (non-hydrogen) atoms. The number of halogens is 1. The van der Waals surface area contributed by atoms with Crippen molar-refractivity contribution < 1.29 is 4.42 Å². The lowest BCUT2D eigenvalue weighted by atomic mass is 10.3. The van der Waals surface area contributed by atoms with Crippen LogP contribution in [0.1, 0.15) is 11.5 Å². The van der Waals surface area contributed by atoms with Crippen LogP contribution in [-0.2, 0) is 6.54 Å². The standard InChI is InChI=1S/C11H9BrN4O/c1-16(7-8-2-3-10(12)17-8)11-9(6-13)14-4-5-15-11/h2-5H,7H2,1H3. The van der Waals surface area contributed by atoms with Crippen molar-refractivity contribution in [3.63, 3.8) is 0 Å². The Labute approximate surface area is 107 Å². The molecule has 0 N–H and O–H groups in total. The molecule has 2 heterocycles. The molecule has 2 aromatic heterocycles. The topological polar surface area (TPSA) is 66.0 Å². The van der Waals surface area contributed by atoms with Crippen LogP contribution < -0.4 is 4.90 Å². The third-order valence-corrected chi connectivity index (χ3v) is 2.59. The quantitative estimate of drug-likeness (QED) is 0.869. The molecule has 0 bridgehead atoms. The predicted octanol–water partition coefficient (Wildman–Crippen LogP) is 2.34. The van der Waals surface area contributed by atoms with Crippen LogP contribution in [0.4, 0.5) is 5.82 Å². The van der Waals surface area contributed by atoms with Crippen molar-refractivity contribution in [3.8, 4) is 6.07 Å². The number of hydrogen-bond acceptors (Lipinski definition) is 5. The molecule has 86 valence electrons. The lowest BCUT2D eigenvalue weighted by Gasteiger charge is -2.16. The Morgan fingerprint density at radius 2 is 2.18 bits per heavy atom. The van der Waals surface area contributed by atoms with Gasteiger partial charge in [-0.2, -0.15) is 5.26 Å². The van der Waals surface area contributed by atoms with Crippen LogP contribution in [0.2, 0.25) is 0 Å². The van der Waals surface area contributed by atoms with Gasteiger partial charge in [0.25, 0.3) is 0 Å². The first-order chi connectivity index (χ1) is 8.20. The fraction of sp³-hybridized carbons (Fsp3) is 0.182. The minimum absolute atomic E-state index is 0.306. The number of rotatable bonds is 3. The van der Waals surface area contributed by atoms with Gasteiger partial charge in [0.15, 0.2) is 16.2 Å². The highest BCUT2D eigenvalue weighted by molar-refractivity contribution is 9.10. The largest absolute Gasteiger partial charge is 0.452 e. The molecular weight excluding hydrogens is 284 g/mol. The summed E-state index contributed by atoms with van der Waals surface area (Å²) in [4.78, 5) is 9.92. The smallest absolute Gasteiger partial charge is 0.183 e. The van der Waals surface area contributed by atoms with E-state index in [0.717, 1.165) is 5.76 Å². The van der Waals surface area contributed by atoms with Gasteiger partial charge in [0.2, 0.25) is 0 Å². The van der Waals surface area contributed by atoms with E-state index in [1.54, 1.807) is 6.20 Å². The van der Waals surface area contributed by atoms with E-state index in [4.69, 9.17) is 9.68 Å². The molecule has 0 fully saturated rings. The van der Waals surface area contributed by atoms with Crippen molar-refractivity contribution in [1.29, 1.82) is 5.26 Å². The van der Waals surface area contributed by atoms with E-state index in [1.165, 1.54) is 6.20 Å². The minimum atomic E-state index is 0.306. The van der Waals surface area contributed by atoms with Crippen LogP contribution in [0.15, 0.2) is 33.6 Å². The molecule has 0 unspecified atom stereocenters. The molecule has 0 spiro atoms. The van der Waals surface area contributed by atoms with Crippen LogP contribution in [0.5, 0.6) is 0 Å². The summed E-state index contributed by atoms with van der Waals surface area (Å²) in [7, 11) is 1.83. The number of furan rings is 1. The maximum atomic E-state index is 8.93. The molecule has 5 nitrogen and oxygen atoms in total. The van der Waals surface area contributed by atoms with E-state index in [9.17, 15) is 0 Å². The van der Waals surface area contributed by atoms with Gasteiger partial charge in [-0.1, -0.05) is 0 Å². The third kappa shape index (κ3) is 2.63. The van der Waals surface area contributed by atoms with Crippen molar-refractivity contribution >= 4 is 21.7 Å². The molecular formula is C11H9BrN4O. The Morgan fingerprint density at radius 1 is 1.41 bits per heavy atom. The highest BCUT2D eigenvalue weighted by atomic mass is 79.9. The van der Waals surface area contributed by atoms with E-state index < -0.39 is 0 Å². The number of aromatic nitrogens is 2. The Balaban J connectivity index is 2.20. The average molecular weight is 293 g/mol. The van der Waals surface area contributed by atoms with E-state index in [0.29, 0.717) is 22.7 Å². The molecule has 0 saturated heterocycles. The second kappa shape index (κ2) is 4.97. The van der Waals surface area contributed by atoms with E-state index in [1.807, 2.05) is 30.1 Å². The highest BCUT2D eigenvalue weighted by Gasteiger charge is 2.11. The van der Waals surface area contributed by atoms with Crippen LogP contribution in [-0.4, -0.2) is 17.0 Å². The van der Waals surface area contributed by atoms with Gasteiger partial charge in [0, 0.05) is 19.4 Å². The summed E-state index contributed by atoms with van der Waals surface area (Å²) in [5.41, 5.74) is 0.306. The summed E-state index contributed by atoms with van der Waals surface area (Å²) in [5.74, 6) is 1.33. The molecule has 0 atom stereocenters. The lowest BCUT2D eigenvalue weighted by molar-refractivity contribution is 0.485. The first kappa shape index (κ1) is 11.6. The third-order valence-electron chi connectivity index (χ3n) is 2.17. The van der Waals surface area contributed by atoms with Gasteiger partial charge >= 0.3 is 0 Å². The monoisotopic (exact) mass is 292 g/mol. The van der Waals surface area contributed by atoms with Gasteiger partial charge in [-0.05, 0) is 28.1 Å². The minimum Gasteiger partial charge on any atom is -0.452 e. The summed E-state index contributed by atoms with van der Waals surface area (Å²) in [6.07, 6.45) is 3.06. The highest BCUT2D eigenvalue weighted by Crippen LogP contribution is 2.19. The molecule has 0 aliphatic heterocycles. The maximum absolute atomic E-state index is 8.93. The second-order valence-electron chi connectivity index (χ2n) is 3.40. The van der Waals surface area contributed by atoms with E-state index in [2.05, 4.69) is 25.9 Å². The van der Waals surface area contributed by atoms with Crippen molar-refractivity contribution in [2.24, 2.45) is 0 Å². The molecule has 0 aromatic carbocycles. The van der Waals surface area contributed by atoms with E-state index in [-0.39, 0.29) is 0 Å². The van der Waals surface area contributed by atoms with Crippen LogP contribution in [0.25, 0.3) is 0 Å². The molecule has 0 amide bonds. The molecule has 2 aromatic rings. The normalized spacial score (nSPS) is 9.94. The summed E-state index contributed by atoms with van der Waals surface area (Å²) in [6.45, 7) is 0.527. The van der Waals surface area contributed by atoms with Gasteiger partial charge in [0.05, 0.1) is 6.54 Å². The lowest BCUT2D eigenvalue weighted by Crippen LogP contribution is -2.19. The Hall–Kier alpha value is -1.87. The van der Waals surface area contributed by atoms with Crippen molar-refractivity contribution in [3.05, 3.63) is 40.7 Å². The van der Waals surface area contributed by atoms with Crippen LogP contribution in [0, 0.1) is 11.3 Å². The predicted molar refractivity (Wildman–Crippen MR) is 65.3 cm³/mol. The molecule has 0 radical (unpaired) electrons. The molecule has 2 rings (SSSR count).